The summed E-state index contributed by atoms with van der Waals surface area (Å²) in [5.74, 6) is 0.0937. The lowest BCUT2D eigenvalue weighted by Crippen LogP contribution is -2.68. The van der Waals surface area contributed by atoms with Crippen molar-refractivity contribution in [1.29, 1.82) is 0 Å². The van der Waals surface area contributed by atoms with Crippen LogP contribution >= 0.6 is 0 Å². The molecule has 0 radical (unpaired) electrons. The van der Waals surface area contributed by atoms with Crippen LogP contribution in [0.15, 0.2) is 0 Å². The highest BCUT2D eigenvalue weighted by molar-refractivity contribution is 5.82. The van der Waals surface area contributed by atoms with Crippen LogP contribution in [0, 0.1) is 0 Å². The number of amides is 1. The van der Waals surface area contributed by atoms with Crippen molar-refractivity contribution in [2.24, 2.45) is 0 Å². The van der Waals surface area contributed by atoms with Gasteiger partial charge in [-0.2, -0.15) is 0 Å². The van der Waals surface area contributed by atoms with Gasteiger partial charge in [0.2, 0.25) is 5.91 Å². The van der Waals surface area contributed by atoms with Crippen molar-refractivity contribution in [3.05, 3.63) is 0 Å². The molecule has 4 nitrogen and oxygen atoms in total. The zero-order valence-corrected chi connectivity index (χ0v) is 7.93. The Hall–Kier alpha value is -0.610. The molecule has 0 aromatic rings. The topological polar surface area (TPSA) is 50.4 Å². The van der Waals surface area contributed by atoms with Crippen LogP contribution in [0.2, 0.25) is 0 Å². The second-order valence-corrected chi connectivity index (χ2v) is 4.02. The summed E-state index contributed by atoms with van der Waals surface area (Å²) >= 11 is 0. The fraction of sp³-hybridized carbons (Fsp3) is 0.889. The SMILES string of the molecule is CC1NC2(CCCOC2)CNC1=O. The third kappa shape index (κ3) is 1.69. The van der Waals surface area contributed by atoms with Crippen LogP contribution in [0.25, 0.3) is 0 Å². The number of hydrogen-bond donors (Lipinski definition) is 2. The molecule has 0 aromatic carbocycles. The maximum atomic E-state index is 11.2. The first-order valence-electron chi connectivity index (χ1n) is 4.85. The highest BCUT2D eigenvalue weighted by Crippen LogP contribution is 2.21. The molecule has 2 fully saturated rings. The molecule has 74 valence electrons. The zero-order valence-electron chi connectivity index (χ0n) is 7.93. The summed E-state index contributed by atoms with van der Waals surface area (Å²) in [4.78, 5) is 11.2. The molecule has 2 heterocycles. The van der Waals surface area contributed by atoms with Gasteiger partial charge in [0.05, 0.1) is 18.2 Å². The predicted molar refractivity (Wildman–Crippen MR) is 48.4 cm³/mol. The minimum absolute atomic E-state index is 0.00553. The number of piperazine rings is 1. The van der Waals surface area contributed by atoms with E-state index in [4.69, 9.17) is 4.74 Å². The summed E-state index contributed by atoms with van der Waals surface area (Å²) in [6.07, 6.45) is 2.17. The van der Waals surface area contributed by atoms with Crippen LogP contribution in [-0.2, 0) is 9.53 Å². The average Bonchev–Trinajstić information content (AvgIpc) is 2.14. The second kappa shape index (κ2) is 3.27. The van der Waals surface area contributed by atoms with Gasteiger partial charge in [0.15, 0.2) is 0 Å². The van der Waals surface area contributed by atoms with Crippen LogP contribution in [0.1, 0.15) is 19.8 Å². The Kier molecular flexibility index (Phi) is 2.26. The van der Waals surface area contributed by atoms with Gasteiger partial charge in [0.25, 0.3) is 0 Å². The lowest BCUT2D eigenvalue weighted by Gasteiger charge is -2.43. The summed E-state index contributed by atoms with van der Waals surface area (Å²) in [6.45, 7) is 4.17. The standard InChI is InChI=1S/C9H16N2O2/c1-7-8(12)10-5-9(11-7)3-2-4-13-6-9/h7,11H,2-6H2,1H3,(H,10,12). The van der Waals surface area contributed by atoms with E-state index in [9.17, 15) is 4.79 Å². The molecule has 2 unspecified atom stereocenters. The first-order valence-corrected chi connectivity index (χ1v) is 4.85. The van der Waals surface area contributed by atoms with E-state index in [0.717, 1.165) is 26.1 Å². The van der Waals surface area contributed by atoms with E-state index in [0.29, 0.717) is 6.54 Å². The molecule has 13 heavy (non-hydrogen) atoms. The Morgan fingerprint density at radius 1 is 1.62 bits per heavy atom. The van der Waals surface area contributed by atoms with Gasteiger partial charge in [-0.15, -0.1) is 0 Å². The van der Waals surface area contributed by atoms with Crippen molar-refractivity contribution in [3.8, 4) is 0 Å². The van der Waals surface area contributed by atoms with Crippen LogP contribution in [0.4, 0.5) is 0 Å². The molecule has 1 amide bonds. The number of nitrogens with one attached hydrogen (secondary N) is 2. The molecule has 2 aliphatic rings. The number of rotatable bonds is 0. The van der Waals surface area contributed by atoms with Crippen LogP contribution in [-0.4, -0.2) is 37.2 Å². The molecule has 2 N–H and O–H groups in total. The van der Waals surface area contributed by atoms with E-state index in [1.165, 1.54) is 0 Å². The summed E-state index contributed by atoms with van der Waals surface area (Å²) in [5.41, 5.74) is 0.00553. The van der Waals surface area contributed by atoms with Crippen molar-refractivity contribution in [3.63, 3.8) is 0 Å². The van der Waals surface area contributed by atoms with E-state index < -0.39 is 0 Å². The Labute approximate surface area is 78.0 Å². The third-order valence-electron chi connectivity index (χ3n) is 2.84. The molecule has 2 aliphatic heterocycles. The smallest absolute Gasteiger partial charge is 0.236 e. The number of carbonyl (C=O) groups excluding carboxylic acids is 1. The highest BCUT2D eigenvalue weighted by atomic mass is 16.5. The minimum Gasteiger partial charge on any atom is -0.379 e. The summed E-state index contributed by atoms with van der Waals surface area (Å²) < 4.78 is 5.43. The van der Waals surface area contributed by atoms with Gasteiger partial charge in [-0.25, -0.2) is 0 Å². The minimum atomic E-state index is -0.0875. The molecule has 4 heteroatoms. The second-order valence-electron chi connectivity index (χ2n) is 4.02. The van der Waals surface area contributed by atoms with Gasteiger partial charge >= 0.3 is 0 Å². The zero-order chi connectivity index (χ0) is 9.31. The first kappa shape index (κ1) is 8.97. The molecular weight excluding hydrogens is 168 g/mol. The van der Waals surface area contributed by atoms with Crippen LogP contribution in [0.5, 0.6) is 0 Å². The molecule has 0 saturated carbocycles. The molecule has 0 aromatic heterocycles. The molecular formula is C9H16N2O2. The van der Waals surface area contributed by atoms with E-state index in [-0.39, 0.29) is 17.5 Å². The first-order chi connectivity index (χ1) is 6.22. The van der Waals surface area contributed by atoms with Crippen molar-refractivity contribution >= 4 is 5.91 Å². The number of carbonyl (C=O) groups is 1. The fourth-order valence-corrected chi connectivity index (χ4v) is 2.09. The van der Waals surface area contributed by atoms with Crippen molar-refractivity contribution in [1.82, 2.24) is 10.6 Å². The van der Waals surface area contributed by atoms with Gasteiger partial charge in [-0.3, -0.25) is 10.1 Å². The molecule has 2 atom stereocenters. The predicted octanol–water partition coefficient (Wildman–Crippen LogP) is -0.356. The molecule has 0 aliphatic carbocycles. The fourth-order valence-electron chi connectivity index (χ4n) is 2.09. The molecule has 0 bridgehead atoms. The highest BCUT2D eigenvalue weighted by Gasteiger charge is 2.39. The van der Waals surface area contributed by atoms with E-state index in [1.54, 1.807) is 0 Å². The van der Waals surface area contributed by atoms with Crippen molar-refractivity contribution in [2.75, 3.05) is 19.8 Å². The lowest BCUT2D eigenvalue weighted by atomic mass is 9.89. The number of ether oxygens (including phenoxy) is 1. The number of hydrogen-bond acceptors (Lipinski definition) is 3. The maximum Gasteiger partial charge on any atom is 0.236 e. The largest absolute Gasteiger partial charge is 0.379 e. The van der Waals surface area contributed by atoms with Crippen LogP contribution < -0.4 is 10.6 Å². The van der Waals surface area contributed by atoms with E-state index in [1.807, 2.05) is 6.92 Å². The summed E-state index contributed by atoms with van der Waals surface area (Å²) in [7, 11) is 0. The van der Waals surface area contributed by atoms with Gasteiger partial charge in [0.1, 0.15) is 0 Å². The maximum absolute atomic E-state index is 11.2. The Morgan fingerprint density at radius 3 is 3.08 bits per heavy atom. The van der Waals surface area contributed by atoms with Crippen LogP contribution in [0.3, 0.4) is 0 Å². The van der Waals surface area contributed by atoms with Crippen molar-refractivity contribution < 1.29 is 9.53 Å². The molecule has 1 spiro atoms. The van der Waals surface area contributed by atoms with Gasteiger partial charge in [0, 0.05) is 13.2 Å². The van der Waals surface area contributed by atoms with E-state index >= 15 is 0 Å². The van der Waals surface area contributed by atoms with Crippen molar-refractivity contribution in [2.45, 2.75) is 31.3 Å². The quantitative estimate of drug-likeness (QED) is 0.540. The molecule has 2 saturated heterocycles. The van der Waals surface area contributed by atoms with Gasteiger partial charge < -0.3 is 10.1 Å². The Morgan fingerprint density at radius 2 is 2.46 bits per heavy atom. The van der Waals surface area contributed by atoms with E-state index in [2.05, 4.69) is 10.6 Å². The lowest BCUT2D eigenvalue weighted by molar-refractivity contribution is -0.127. The van der Waals surface area contributed by atoms with Gasteiger partial charge in [-0.1, -0.05) is 0 Å². The normalized spacial score (nSPS) is 40.4. The molecule has 2 rings (SSSR count). The Bertz CT molecular complexity index is 212. The van der Waals surface area contributed by atoms with Gasteiger partial charge in [-0.05, 0) is 19.8 Å². The monoisotopic (exact) mass is 184 g/mol. The average molecular weight is 184 g/mol. The summed E-state index contributed by atoms with van der Waals surface area (Å²) in [6, 6.07) is -0.0875. The Balaban J connectivity index is 2.02. The third-order valence-corrected chi connectivity index (χ3v) is 2.84. The summed E-state index contributed by atoms with van der Waals surface area (Å²) in [5, 5.41) is 6.26.